The molecule has 12 nitrogen and oxygen atoms in total. The minimum absolute atomic E-state index is 0.0340. The van der Waals surface area contributed by atoms with Crippen LogP contribution in [0.15, 0.2) is 18.5 Å². The van der Waals surface area contributed by atoms with Crippen molar-refractivity contribution in [3.63, 3.8) is 0 Å². The molecule has 0 amide bonds. The minimum atomic E-state index is -2.86. The Morgan fingerprint density at radius 2 is 2.15 bits per heavy atom. The van der Waals surface area contributed by atoms with E-state index < -0.39 is 49.3 Å². The maximum atomic E-state index is 17.1. The summed E-state index contributed by atoms with van der Waals surface area (Å²) in [6.45, 7) is -2.59. The molecule has 0 radical (unpaired) electrons. The zero-order valence-electron chi connectivity index (χ0n) is 28.4. The number of H-pyrrole nitrogens is 1. The first-order valence-electron chi connectivity index (χ1n) is 17.2. The molecular formula is C32H34ClF2N7O5. The highest BCUT2D eigenvalue weighted by Gasteiger charge is 2.49. The summed E-state index contributed by atoms with van der Waals surface area (Å²) in [6, 6.07) is 1.49. The summed E-state index contributed by atoms with van der Waals surface area (Å²) in [7, 11) is 0. The van der Waals surface area contributed by atoms with Crippen LogP contribution in [-0.2, 0) is 20.6 Å². The van der Waals surface area contributed by atoms with Crippen molar-refractivity contribution in [1.82, 2.24) is 30.0 Å². The van der Waals surface area contributed by atoms with Gasteiger partial charge in [-0.05, 0) is 50.7 Å². The molecule has 248 valence electrons. The van der Waals surface area contributed by atoms with E-state index in [1.165, 1.54) is 6.20 Å². The maximum Gasteiger partial charge on any atom is 0.508 e. The van der Waals surface area contributed by atoms with Crippen LogP contribution in [0.5, 0.6) is 6.01 Å². The summed E-state index contributed by atoms with van der Waals surface area (Å²) >= 11 is 6.76. The number of nitrogens with zero attached hydrogens (tertiary/aromatic N) is 6. The van der Waals surface area contributed by atoms with Gasteiger partial charge in [-0.3, -0.25) is 15.0 Å². The number of fused-ring (bicyclic) bond motifs is 8. The van der Waals surface area contributed by atoms with Crippen molar-refractivity contribution in [2.24, 2.45) is 0 Å². The predicted octanol–water partition coefficient (Wildman–Crippen LogP) is 5.01. The molecule has 0 unspecified atom stereocenters. The van der Waals surface area contributed by atoms with E-state index >= 15 is 4.39 Å². The van der Waals surface area contributed by atoms with Crippen LogP contribution in [-0.4, -0.2) is 106 Å². The molecule has 4 aromatic rings. The fraction of sp³-hybridized carbons (Fsp3) is 0.531. The van der Waals surface area contributed by atoms with Crippen LogP contribution >= 0.6 is 11.6 Å². The van der Waals surface area contributed by atoms with Crippen LogP contribution in [0.3, 0.4) is 0 Å². The Labute approximate surface area is 277 Å². The first-order valence-corrected chi connectivity index (χ1v) is 16.1. The normalized spacial score (nSPS) is 28.0. The van der Waals surface area contributed by atoms with E-state index in [1.54, 1.807) is 17.2 Å². The zero-order valence-corrected chi connectivity index (χ0v) is 26.1. The van der Waals surface area contributed by atoms with Crippen molar-refractivity contribution in [3.8, 4) is 17.3 Å². The molecule has 0 spiro atoms. The summed E-state index contributed by atoms with van der Waals surface area (Å²) in [6.07, 6.45) is 3.21. The van der Waals surface area contributed by atoms with Gasteiger partial charge in [-0.25, -0.2) is 13.6 Å². The summed E-state index contributed by atoms with van der Waals surface area (Å²) < 4.78 is 79.9. The monoisotopic (exact) mass is 672 g/mol. The predicted molar refractivity (Wildman–Crippen MR) is 168 cm³/mol. The van der Waals surface area contributed by atoms with E-state index in [-0.39, 0.29) is 67.6 Å². The Hall–Kier alpha value is -3.88. The topological polar surface area (TPSA) is 128 Å². The number of rotatable bonds is 3. The lowest BCUT2D eigenvalue weighted by molar-refractivity contribution is -0.0575. The number of benzene rings is 1. The number of halogens is 3. The Morgan fingerprint density at radius 1 is 1.23 bits per heavy atom. The summed E-state index contributed by atoms with van der Waals surface area (Å²) in [5.41, 5.74) is -1.41. The second kappa shape index (κ2) is 11.7. The van der Waals surface area contributed by atoms with Crippen molar-refractivity contribution in [2.75, 3.05) is 57.5 Å². The van der Waals surface area contributed by atoms with Gasteiger partial charge < -0.3 is 23.8 Å². The van der Waals surface area contributed by atoms with Gasteiger partial charge in [-0.15, -0.1) is 0 Å². The Balaban J connectivity index is 1.33. The van der Waals surface area contributed by atoms with E-state index in [1.807, 2.05) is 0 Å². The lowest BCUT2D eigenvalue weighted by Gasteiger charge is -2.33. The van der Waals surface area contributed by atoms with Crippen molar-refractivity contribution in [3.05, 3.63) is 34.9 Å². The van der Waals surface area contributed by atoms with Crippen LogP contribution in [0.25, 0.3) is 33.1 Å². The van der Waals surface area contributed by atoms with Gasteiger partial charge in [-0.1, -0.05) is 11.6 Å². The number of hydrogen-bond acceptors (Lipinski definition) is 11. The van der Waals surface area contributed by atoms with Crippen LogP contribution < -0.4 is 9.64 Å². The highest BCUT2D eigenvalue weighted by molar-refractivity contribution is 6.33. The number of ether oxygens (including phenoxy) is 4. The zero-order chi connectivity index (χ0) is 34.8. The highest BCUT2D eigenvalue weighted by Crippen LogP contribution is 2.42. The molecule has 5 aliphatic rings. The lowest BCUT2D eigenvalue weighted by atomic mass is 9.95. The van der Waals surface area contributed by atoms with Crippen LogP contribution in [0, 0.1) is 5.82 Å². The molecule has 3 aromatic heterocycles. The number of aromatic amines is 1. The second-order valence-corrected chi connectivity index (χ2v) is 13.1. The number of carbonyl (C=O) groups is 1. The Bertz CT molecular complexity index is 1990. The van der Waals surface area contributed by atoms with Gasteiger partial charge >= 0.3 is 12.2 Å². The first kappa shape index (κ1) is 27.1. The number of nitrogens with one attached hydrogen (secondary N) is 1. The van der Waals surface area contributed by atoms with Crippen LogP contribution in [0.2, 0.25) is 5.02 Å². The van der Waals surface area contributed by atoms with E-state index in [9.17, 15) is 9.18 Å². The quantitative estimate of drug-likeness (QED) is 0.295. The summed E-state index contributed by atoms with van der Waals surface area (Å²) in [5.74, 6) is -0.684. The van der Waals surface area contributed by atoms with Gasteiger partial charge in [0.1, 0.15) is 29.8 Å². The lowest BCUT2D eigenvalue weighted by Crippen LogP contribution is -2.46. The Kier molecular flexibility index (Phi) is 6.73. The van der Waals surface area contributed by atoms with Crippen molar-refractivity contribution in [2.45, 2.75) is 56.3 Å². The maximum absolute atomic E-state index is 17.1. The molecule has 6 bridgehead atoms. The number of alkyl halides is 1. The van der Waals surface area contributed by atoms with Crippen molar-refractivity contribution < 1.29 is 36.6 Å². The third-order valence-electron chi connectivity index (χ3n) is 9.57. The van der Waals surface area contributed by atoms with Gasteiger partial charge in [0.25, 0.3) is 0 Å². The SMILES string of the molecule is [2H]C([2H])([2H])[C@@]12COCCN(C1)c1nc(OC[C@@]34CCCN3C[C@H](F)C4)nc3c(F)c(ncc13)-c1c(c(Cl)cc3[nH]ncc13)CCCOC(=O)O2. The first-order chi connectivity index (χ1) is 24.0. The molecule has 9 rings (SSSR count). The molecule has 8 heterocycles. The molecule has 47 heavy (non-hydrogen) atoms. The van der Waals surface area contributed by atoms with Gasteiger partial charge in [0.2, 0.25) is 0 Å². The van der Waals surface area contributed by atoms with Gasteiger partial charge in [0, 0.05) is 45.8 Å². The standard InChI is InChI=1S/C32H34ClF2N7O5/c1-31-15-41(7-9-44-16-31)28-21-12-36-27(24-19(4-2-8-45-30(43)47-31)22(33)10-23-20(24)13-37-40-23)25(35)26(21)38-29(39-28)46-17-32-5-3-6-42(32)14-18(34)11-32/h10,12-13,18H,2-9,11,14-17H2,1H3,(H,37,40)/t18-,31+,32+/m1/s1/i1D3. The molecule has 5 aliphatic heterocycles. The van der Waals surface area contributed by atoms with E-state index in [0.29, 0.717) is 40.0 Å². The molecular weight excluding hydrogens is 636 g/mol. The largest absolute Gasteiger partial charge is 0.508 e. The molecule has 0 saturated carbocycles. The number of anilines is 1. The van der Waals surface area contributed by atoms with Crippen LogP contribution in [0.4, 0.5) is 19.4 Å². The third-order valence-corrected chi connectivity index (χ3v) is 9.90. The molecule has 0 aliphatic carbocycles. The number of pyridine rings is 1. The van der Waals surface area contributed by atoms with Crippen molar-refractivity contribution >= 4 is 45.4 Å². The second-order valence-electron chi connectivity index (χ2n) is 12.7. The van der Waals surface area contributed by atoms with Crippen LogP contribution in [0.1, 0.15) is 42.2 Å². The molecule has 3 atom stereocenters. The van der Waals surface area contributed by atoms with Gasteiger partial charge in [0.15, 0.2) is 11.4 Å². The fourth-order valence-electron chi connectivity index (χ4n) is 7.45. The van der Waals surface area contributed by atoms with E-state index in [2.05, 4.69) is 30.0 Å². The van der Waals surface area contributed by atoms with Crippen molar-refractivity contribution in [1.29, 1.82) is 0 Å². The molecule has 1 N–H and O–H groups in total. The fourth-order valence-corrected chi connectivity index (χ4v) is 7.74. The Morgan fingerprint density at radius 3 is 3.04 bits per heavy atom. The average Bonchev–Trinajstić information content (AvgIpc) is 3.71. The highest BCUT2D eigenvalue weighted by atomic mass is 35.5. The summed E-state index contributed by atoms with van der Waals surface area (Å²) in [5, 5.41) is 8.06. The molecule has 3 saturated heterocycles. The number of carbonyl (C=O) groups excluding carboxylic acids is 1. The van der Waals surface area contributed by atoms with Gasteiger partial charge in [-0.2, -0.15) is 15.1 Å². The van der Waals surface area contributed by atoms with E-state index in [4.69, 9.17) is 34.7 Å². The average molecular weight is 673 g/mol. The number of aromatic nitrogens is 5. The third kappa shape index (κ3) is 5.39. The van der Waals surface area contributed by atoms with Gasteiger partial charge in [0.05, 0.1) is 49.0 Å². The minimum Gasteiger partial charge on any atom is -0.461 e. The molecule has 15 heteroatoms. The summed E-state index contributed by atoms with van der Waals surface area (Å²) in [4.78, 5) is 30.5. The van der Waals surface area contributed by atoms with E-state index in [0.717, 1.165) is 19.4 Å². The molecule has 3 fully saturated rings. The molecule has 1 aromatic carbocycles. The number of hydrogen-bond donors (Lipinski definition) is 1. The smallest absolute Gasteiger partial charge is 0.461 e.